The highest BCUT2D eigenvalue weighted by Gasteiger charge is 2.41. The molecule has 370 valence electrons. The van der Waals surface area contributed by atoms with Gasteiger partial charge in [0.2, 0.25) is 23.0 Å². The van der Waals surface area contributed by atoms with E-state index in [1.807, 2.05) is 6.92 Å². The van der Waals surface area contributed by atoms with E-state index in [1.165, 1.54) is 70.6 Å². The van der Waals surface area contributed by atoms with E-state index < -0.39 is 14.4 Å². The molecular formula is C54H90O10Si. The third-order valence-electron chi connectivity index (χ3n) is 12.8. The van der Waals surface area contributed by atoms with Crippen molar-refractivity contribution in [3.05, 3.63) is 22.3 Å². The number of hydrogen-bond donors (Lipinski definition) is 1. The number of aliphatic hydroxyl groups excluding tert-OH is 1. The van der Waals surface area contributed by atoms with Crippen molar-refractivity contribution < 1.29 is 47.4 Å². The van der Waals surface area contributed by atoms with Gasteiger partial charge in [-0.2, -0.15) is 0 Å². The number of terminal acetylenes is 2. The molecule has 0 spiro atoms. The van der Waals surface area contributed by atoms with Crippen LogP contribution in [0.15, 0.2) is 0 Å². The summed E-state index contributed by atoms with van der Waals surface area (Å²) in [6.07, 6.45) is 32.3. The summed E-state index contributed by atoms with van der Waals surface area (Å²) in [5, 5.41) is 11.0. The van der Waals surface area contributed by atoms with Gasteiger partial charge in [-0.25, -0.2) is 0 Å². The highest BCUT2D eigenvalue weighted by molar-refractivity contribution is 6.74. The first-order valence-corrected chi connectivity index (χ1v) is 26.9. The summed E-state index contributed by atoms with van der Waals surface area (Å²) < 4.78 is 52.3. The van der Waals surface area contributed by atoms with Gasteiger partial charge in [0.25, 0.3) is 0 Å². The third kappa shape index (κ3) is 18.0. The van der Waals surface area contributed by atoms with Crippen molar-refractivity contribution in [3.8, 4) is 70.7 Å². The summed E-state index contributed by atoms with van der Waals surface area (Å²) in [4.78, 5) is 0. The van der Waals surface area contributed by atoms with Crippen molar-refractivity contribution in [1.29, 1.82) is 0 Å². The zero-order chi connectivity index (χ0) is 49.0. The van der Waals surface area contributed by atoms with Crippen LogP contribution in [-0.2, 0) is 4.43 Å². The van der Waals surface area contributed by atoms with Gasteiger partial charge in [-0.3, -0.25) is 0 Å². The van der Waals surface area contributed by atoms with E-state index in [2.05, 4.69) is 52.6 Å². The zero-order valence-electron chi connectivity index (χ0n) is 43.6. The number of hydrogen-bond acceptors (Lipinski definition) is 10. The molecule has 0 radical (unpaired) electrons. The highest BCUT2D eigenvalue weighted by atomic mass is 28.4. The number of ether oxygens (including phenoxy) is 8. The maximum atomic E-state index is 10.9. The molecule has 0 aliphatic rings. The molecule has 0 bridgehead atoms. The highest BCUT2D eigenvalue weighted by Crippen LogP contribution is 2.54. The van der Waals surface area contributed by atoms with Gasteiger partial charge in [-0.15, -0.1) is 24.7 Å². The maximum absolute atomic E-state index is 10.9. The van der Waals surface area contributed by atoms with Crippen molar-refractivity contribution in [2.45, 2.75) is 193 Å². The fourth-order valence-electron chi connectivity index (χ4n) is 8.19. The molecule has 1 N–H and O–H groups in total. The zero-order valence-corrected chi connectivity index (χ0v) is 44.6. The Kier molecular flexibility index (Phi) is 29.0. The number of methoxy groups -OCH3 is 8. The van der Waals surface area contributed by atoms with Crippen LogP contribution in [0.1, 0.15) is 184 Å². The van der Waals surface area contributed by atoms with E-state index in [0.29, 0.717) is 58.0 Å². The van der Waals surface area contributed by atoms with E-state index in [4.69, 9.17) is 55.2 Å². The number of aliphatic hydroxyl groups is 1. The summed E-state index contributed by atoms with van der Waals surface area (Å²) in [5.41, 5.74) is 3.49. The average molecular weight is 927 g/mol. The number of benzene rings is 2. The van der Waals surface area contributed by atoms with Gasteiger partial charge in [0, 0.05) is 35.1 Å². The molecule has 2 aromatic carbocycles. The molecule has 0 saturated carbocycles. The smallest absolute Gasteiger partial charge is 0.207 e. The second-order valence-corrected chi connectivity index (χ2v) is 23.1. The Labute approximate surface area is 397 Å². The van der Waals surface area contributed by atoms with Crippen molar-refractivity contribution in [2.75, 3.05) is 56.9 Å². The SMILES string of the molecule is C#CCCCCCCCCCCC(O)c1c(C)c(OC)c(OC)c(OC)c1OC.C#CCCCCCCCCCCC(O[Si](C)(C)C(C)(C)C)c1c(C)c(OC)c(OC)c(OC)c1OC. The van der Waals surface area contributed by atoms with Crippen LogP contribution in [0, 0.1) is 38.5 Å². The molecule has 0 saturated heterocycles. The Morgan fingerprint density at radius 3 is 1.08 bits per heavy atom. The molecule has 0 aliphatic heterocycles. The molecule has 0 aromatic heterocycles. The Bertz CT molecular complexity index is 1740. The lowest BCUT2D eigenvalue weighted by atomic mass is 9.95. The topological polar surface area (TPSA) is 103 Å². The van der Waals surface area contributed by atoms with Crippen LogP contribution in [0.4, 0.5) is 0 Å². The molecule has 11 heteroatoms. The normalized spacial score (nSPS) is 12.2. The lowest BCUT2D eigenvalue weighted by Gasteiger charge is -2.40. The summed E-state index contributed by atoms with van der Waals surface area (Å²) in [6.45, 7) is 15.4. The van der Waals surface area contributed by atoms with E-state index in [1.54, 1.807) is 56.9 Å². The lowest BCUT2D eigenvalue weighted by molar-refractivity contribution is 0.156. The van der Waals surface area contributed by atoms with Crippen LogP contribution in [0.25, 0.3) is 0 Å². The monoisotopic (exact) mass is 927 g/mol. The minimum absolute atomic E-state index is 0.0897. The van der Waals surface area contributed by atoms with Gasteiger partial charge >= 0.3 is 0 Å². The molecule has 0 fully saturated rings. The van der Waals surface area contributed by atoms with Crippen LogP contribution in [-0.4, -0.2) is 70.3 Å². The molecule has 65 heavy (non-hydrogen) atoms. The molecule has 0 aliphatic carbocycles. The molecule has 2 atom stereocenters. The standard InChI is InChI=1S/C30H52O5Si.C24H38O5/c1-12-13-14-15-16-17-18-19-20-21-22-24(35-36(10,11)30(3,4)5)25-23(2)26(31-6)28(33-8)29(34-9)27(25)32-7;1-7-8-9-10-11-12-13-14-15-16-17-19(25)20-18(2)21(26-3)23(28-5)24(29-6)22(20)27-4/h1,24H,13-22H2,2-11H3;1,19,25H,8-17H2,2-6H3. The summed E-state index contributed by atoms with van der Waals surface area (Å²) in [6, 6.07) is 0. The molecule has 2 aromatic rings. The molecule has 10 nitrogen and oxygen atoms in total. The maximum Gasteiger partial charge on any atom is 0.207 e. The second kappa shape index (κ2) is 31.9. The summed E-state index contributed by atoms with van der Waals surface area (Å²) >= 11 is 0. The molecule has 2 rings (SSSR count). The van der Waals surface area contributed by atoms with Crippen LogP contribution in [0.2, 0.25) is 18.1 Å². The van der Waals surface area contributed by atoms with Gasteiger partial charge in [-0.05, 0) is 57.7 Å². The first kappa shape index (κ1) is 59.1. The fraction of sp³-hybridized carbons (Fsp3) is 0.704. The summed E-state index contributed by atoms with van der Waals surface area (Å²) in [5.74, 6) is 9.82. The molecule has 0 heterocycles. The summed E-state index contributed by atoms with van der Waals surface area (Å²) in [7, 11) is 10.8. The predicted octanol–water partition coefficient (Wildman–Crippen LogP) is 14.2. The van der Waals surface area contributed by atoms with Crippen LogP contribution >= 0.6 is 0 Å². The van der Waals surface area contributed by atoms with Gasteiger partial charge in [-0.1, -0.05) is 111 Å². The first-order chi connectivity index (χ1) is 31.1. The number of rotatable bonds is 32. The fourth-order valence-corrected chi connectivity index (χ4v) is 9.49. The Morgan fingerprint density at radius 2 is 0.738 bits per heavy atom. The van der Waals surface area contributed by atoms with Crippen LogP contribution in [0.5, 0.6) is 46.0 Å². The molecule has 0 amide bonds. The predicted molar refractivity (Wildman–Crippen MR) is 271 cm³/mol. The average Bonchev–Trinajstić information content (AvgIpc) is 3.28. The largest absolute Gasteiger partial charge is 0.492 e. The van der Waals surface area contributed by atoms with Crippen molar-refractivity contribution in [3.63, 3.8) is 0 Å². The lowest BCUT2D eigenvalue weighted by Crippen LogP contribution is -2.42. The van der Waals surface area contributed by atoms with Crippen molar-refractivity contribution >= 4 is 8.32 Å². The van der Waals surface area contributed by atoms with Gasteiger partial charge < -0.3 is 47.4 Å². The van der Waals surface area contributed by atoms with E-state index in [9.17, 15) is 5.11 Å². The van der Waals surface area contributed by atoms with Crippen molar-refractivity contribution in [2.24, 2.45) is 0 Å². The van der Waals surface area contributed by atoms with E-state index >= 15 is 0 Å². The quantitative estimate of drug-likeness (QED) is 0.0433. The minimum atomic E-state index is -2.07. The first-order valence-electron chi connectivity index (χ1n) is 24.0. The Hall–Kier alpha value is -3.90. The van der Waals surface area contributed by atoms with E-state index in [-0.39, 0.29) is 11.1 Å². The minimum Gasteiger partial charge on any atom is -0.492 e. The Morgan fingerprint density at radius 1 is 0.446 bits per heavy atom. The van der Waals surface area contributed by atoms with Gasteiger partial charge in [0.05, 0.1) is 69.1 Å². The number of unbranched alkanes of at least 4 members (excludes halogenated alkanes) is 16. The Balaban J connectivity index is 0.000000665. The van der Waals surface area contributed by atoms with Gasteiger partial charge in [0.1, 0.15) is 0 Å². The van der Waals surface area contributed by atoms with Gasteiger partial charge in [0.15, 0.2) is 31.3 Å². The van der Waals surface area contributed by atoms with Crippen LogP contribution < -0.4 is 37.9 Å². The van der Waals surface area contributed by atoms with Crippen LogP contribution in [0.3, 0.4) is 0 Å². The second-order valence-electron chi connectivity index (χ2n) is 18.4. The molecule has 2 unspecified atom stereocenters. The van der Waals surface area contributed by atoms with Crippen molar-refractivity contribution in [1.82, 2.24) is 0 Å². The molecular weight excluding hydrogens is 837 g/mol. The van der Waals surface area contributed by atoms with E-state index in [0.717, 1.165) is 68.1 Å². The third-order valence-corrected chi connectivity index (χ3v) is 17.3.